The molecular formula is C13H21NOS. The molecule has 3 heteroatoms. The van der Waals surface area contributed by atoms with Crippen molar-refractivity contribution in [1.82, 2.24) is 4.98 Å². The van der Waals surface area contributed by atoms with Gasteiger partial charge in [0.25, 0.3) is 0 Å². The van der Waals surface area contributed by atoms with Crippen LogP contribution in [0.25, 0.3) is 0 Å². The first kappa shape index (κ1) is 13.4. The highest BCUT2D eigenvalue weighted by atomic mass is 32.1. The van der Waals surface area contributed by atoms with Crippen molar-refractivity contribution in [2.45, 2.75) is 59.3 Å². The first-order valence-corrected chi connectivity index (χ1v) is 6.96. The Labute approximate surface area is 102 Å². The van der Waals surface area contributed by atoms with Crippen molar-refractivity contribution in [3.8, 4) is 0 Å². The van der Waals surface area contributed by atoms with Crippen LogP contribution < -0.4 is 0 Å². The summed E-state index contributed by atoms with van der Waals surface area (Å²) in [6, 6.07) is 0. The molecule has 2 nitrogen and oxygen atoms in total. The van der Waals surface area contributed by atoms with Crippen molar-refractivity contribution in [1.29, 1.82) is 0 Å². The summed E-state index contributed by atoms with van der Waals surface area (Å²) in [5.41, 5.74) is 1.02. The molecule has 0 saturated heterocycles. The zero-order valence-electron chi connectivity index (χ0n) is 10.7. The lowest BCUT2D eigenvalue weighted by molar-refractivity contribution is 0.102. The molecular weight excluding hydrogens is 218 g/mol. The second-order valence-corrected chi connectivity index (χ2v) is 5.18. The van der Waals surface area contributed by atoms with Crippen molar-refractivity contribution in [2.24, 2.45) is 0 Å². The van der Waals surface area contributed by atoms with Crippen LogP contribution in [0.4, 0.5) is 0 Å². The van der Waals surface area contributed by atoms with Gasteiger partial charge in [0.15, 0.2) is 5.78 Å². The molecule has 0 aliphatic carbocycles. The zero-order chi connectivity index (χ0) is 12.1. The molecule has 1 heterocycles. The van der Waals surface area contributed by atoms with E-state index in [0.717, 1.165) is 41.3 Å². The third kappa shape index (κ3) is 2.91. The minimum atomic E-state index is 0.165. The fourth-order valence-electron chi connectivity index (χ4n) is 1.86. The van der Waals surface area contributed by atoms with Crippen LogP contribution in [0.5, 0.6) is 0 Å². The van der Waals surface area contributed by atoms with Crippen molar-refractivity contribution in [2.75, 3.05) is 0 Å². The summed E-state index contributed by atoms with van der Waals surface area (Å²) in [7, 11) is 0. The van der Waals surface area contributed by atoms with Gasteiger partial charge in [-0.05, 0) is 19.3 Å². The minimum absolute atomic E-state index is 0.165. The molecule has 0 unspecified atom stereocenters. The van der Waals surface area contributed by atoms with Gasteiger partial charge in [0.05, 0.1) is 15.6 Å². The molecule has 90 valence electrons. The second kappa shape index (κ2) is 6.14. The Balaban J connectivity index is 3.04. The summed E-state index contributed by atoms with van der Waals surface area (Å²) in [5.74, 6) is 0.687. The molecule has 16 heavy (non-hydrogen) atoms. The molecule has 0 radical (unpaired) electrons. The number of rotatable bonds is 6. The molecule has 1 aromatic rings. The molecule has 1 aromatic heterocycles. The van der Waals surface area contributed by atoms with Crippen LogP contribution >= 0.6 is 11.3 Å². The molecule has 0 N–H and O–H groups in total. The highest BCUT2D eigenvalue weighted by Crippen LogP contribution is 2.30. The SMILES string of the molecule is CCCc1nc(C(CC)CC)sc1C(C)=O. The van der Waals surface area contributed by atoms with Gasteiger partial charge in [0.1, 0.15) is 0 Å². The number of ketones is 1. The fourth-order valence-corrected chi connectivity index (χ4v) is 3.14. The highest BCUT2D eigenvalue weighted by molar-refractivity contribution is 7.13. The van der Waals surface area contributed by atoms with Gasteiger partial charge in [-0.1, -0.05) is 27.2 Å². The van der Waals surface area contributed by atoms with E-state index in [1.54, 1.807) is 18.3 Å². The largest absolute Gasteiger partial charge is 0.294 e. The number of aryl methyl sites for hydroxylation is 1. The van der Waals surface area contributed by atoms with Crippen LogP contribution in [0.15, 0.2) is 0 Å². The first-order valence-electron chi connectivity index (χ1n) is 6.14. The summed E-state index contributed by atoms with van der Waals surface area (Å²) in [5, 5.41) is 1.15. The number of Topliss-reactive ketones (excluding diaryl/α,β-unsaturated/α-hetero) is 1. The predicted molar refractivity (Wildman–Crippen MR) is 69.4 cm³/mol. The quantitative estimate of drug-likeness (QED) is 0.696. The average molecular weight is 239 g/mol. The lowest BCUT2D eigenvalue weighted by atomic mass is 10.1. The maximum Gasteiger partial charge on any atom is 0.171 e. The minimum Gasteiger partial charge on any atom is -0.294 e. The summed E-state index contributed by atoms with van der Waals surface area (Å²) in [6.07, 6.45) is 4.18. The number of aromatic nitrogens is 1. The lowest BCUT2D eigenvalue weighted by Gasteiger charge is -2.06. The van der Waals surface area contributed by atoms with E-state index in [0.29, 0.717) is 5.92 Å². The Hall–Kier alpha value is -0.700. The third-order valence-corrected chi connectivity index (χ3v) is 4.22. The van der Waals surface area contributed by atoms with E-state index >= 15 is 0 Å². The van der Waals surface area contributed by atoms with E-state index in [4.69, 9.17) is 0 Å². The van der Waals surface area contributed by atoms with Crippen molar-refractivity contribution in [3.63, 3.8) is 0 Å². The fraction of sp³-hybridized carbons (Fsp3) is 0.692. The maximum atomic E-state index is 11.5. The summed E-state index contributed by atoms with van der Waals surface area (Å²) in [6.45, 7) is 8.13. The second-order valence-electron chi connectivity index (χ2n) is 4.15. The standard InChI is InChI=1S/C13H21NOS/c1-5-8-11-12(9(4)15)16-13(14-11)10(6-2)7-3/h10H,5-8H2,1-4H3. The van der Waals surface area contributed by atoms with Crippen LogP contribution in [-0.4, -0.2) is 10.8 Å². The maximum absolute atomic E-state index is 11.5. The van der Waals surface area contributed by atoms with E-state index in [9.17, 15) is 4.79 Å². The van der Waals surface area contributed by atoms with Gasteiger partial charge in [-0.2, -0.15) is 0 Å². The van der Waals surface area contributed by atoms with Crippen LogP contribution in [0.3, 0.4) is 0 Å². The molecule has 0 aliphatic rings. The Bertz CT molecular complexity index is 353. The van der Waals surface area contributed by atoms with Crippen LogP contribution in [0.1, 0.15) is 73.2 Å². The summed E-state index contributed by atoms with van der Waals surface area (Å²) in [4.78, 5) is 17.1. The Morgan fingerprint density at radius 2 is 1.94 bits per heavy atom. The highest BCUT2D eigenvalue weighted by Gasteiger charge is 2.18. The van der Waals surface area contributed by atoms with Crippen LogP contribution in [-0.2, 0) is 6.42 Å². The van der Waals surface area contributed by atoms with Crippen LogP contribution in [0, 0.1) is 0 Å². The van der Waals surface area contributed by atoms with Crippen molar-refractivity contribution < 1.29 is 4.79 Å². The van der Waals surface area contributed by atoms with Gasteiger partial charge >= 0.3 is 0 Å². The van der Waals surface area contributed by atoms with Crippen molar-refractivity contribution >= 4 is 17.1 Å². The zero-order valence-corrected chi connectivity index (χ0v) is 11.5. The summed E-state index contributed by atoms with van der Waals surface area (Å²) >= 11 is 1.60. The normalized spacial score (nSPS) is 11.1. The molecule has 0 atom stereocenters. The van der Waals surface area contributed by atoms with Crippen molar-refractivity contribution in [3.05, 3.63) is 15.6 Å². The molecule has 0 bridgehead atoms. The van der Waals surface area contributed by atoms with Gasteiger partial charge in [-0.3, -0.25) is 4.79 Å². The number of hydrogen-bond donors (Lipinski definition) is 0. The van der Waals surface area contributed by atoms with Gasteiger partial charge in [0.2, 0.25) is 0 Å². The smallest absolute Gasteiger partial charge is 0.171 e. The predicted octanol–water partition coefficient (Wildman–Crippen LogP) is 4.20. The number of hydrogen-bond acceptors (Lipinski definition) is 3. The molecule has 1 rings (SSSR count). The first-order chi connectivity index (χ1) is 7.63. The monoisotopic (exact) mass is 239 g/mol. The van der Waals surface area contributed by atoms with E-state index in [-0.39, 0.29) is 5.78 Å². The number of carbonyl (C=O) groups is 1. The van der Waals surface area contributed by atoms with Gasteiger partial charge in [-0.15, -0.1) is 11.3 Å². The molecule has 0 fully saturated rings. The van der Waals surface area contributed by atoms with E-state index in [1.165, 1.54) is 0 Å². The van der Waals surface area contributed by atoms with Crippen LogP contribution in [0.2, 0.25) is 0 Å². The third-order valence-electron chi connectivity index (χ3n) is 2.86. The van der Waals surface area contributed by atoms with Gasteiger partial charge in [-0.25, -0.2) is 4.98 Å². The van der Waals surface area contributed by atoms with Gasteiger partial charge < -0.3 is 0 Å². The molecule has 0 saturated carbocycles. The summed E-state index contributed by atoms with van der Waals surface area (Å²) < 4.78 is 0. The Morgan fingerprint density at radius 1 is 1.31 bits per heavy atom. The van der Waals surface area contributed by atoms with E-state index < -0.39 is 0 Å². The van der Waals surface area contributed by atoms with E-state index in [1.807, 2.05) is 0 Å². The Morgan fingerprint density at radius 3 is 2.38 bits per heavy atom. The Kier molecular flexibility index (Phi) is 5.13. The lowest BCUT2D eigenvalue weighted by Crippen LogP contribution is -1.96. The number of carbonyl (C=O) groups excluding carboxylic acids is 1. The number of nitrogens with zero attached hydrogens (tertiary/aromatic N) is 1. The molecule has 0 amide bonds. The topological polar surface area (TPSA) is 30.0 Å². The molecule has 0 aromatic carbocycles. The average Bonchev–Trinajstić information content (AvgIpc) is 2.65. The number of thiazole rings is 1. The van der Waals surface area contributed by atoms with Gasteiger partial charge in [0, 0.05) is 12.8 Å². The van der Waals surface area contributed by atoms with E-state index in [2.05, 4.69) is 25.8 Å². The molecule has 0 aliphatic heterocycles. The molecule has 0 spiro atoms.